The molecule has 1 fully saturated rings. The molecule has 24 heavy (non-hydrogen) atoms. The van der Waals surface area contributed by atoms with Gasteiger partial charge in [-0.15, -0.1) is 0 Å². The van der Waals surface area contributed by atoms with Gasteiger partial charge in [-0.05, 0) is 37.6 Å². The summed E-state index contributed by atoms with van der Waals surface area (Å²) in [5, 5.41) is 3.41. The summed E-state index contributed by atoms with van der Waals surface area (Å²) in [5.74, 6) is 1.35. The minimum Gasteiger partial charge on any atom is -0.493 e. The molecule has 5 nitrogen and oxygen atoms in total. The van der Waals surface area contributed by atoms with Gasteiger partial charge in [-0.3, -0.25) is 9.69 Å². The molecule has 1 aromatic rings. The number of rotatable bonds is 8. The maximum absolute atomic E-state index is 11.9. The van der Waals surface area contributed by atoms with Gasteiger partial charge in [0.1, 0.15) is 6.61 Å². The first kappa shape index (κ1) is 18.6. The summed E-state index contributed by atoms with van der Waals surface area (Å²) >= 11 is 6.33. The van der Waals surface area contributed by atoms with E-state index in [1.165, 1.54) is 0 Å². The highest BCUT2D eigenvalue weighted by atomic mass is 35.5. The Morgan fingerprint density at radius 1 is 1.54 bits per heavy atom. The van der Waals surface area contributed by atoms with E-state index >= 15 is 0 Å². The van der Waals surface area contributed by atoms with Gasteiger partial charge in [0.2, 0.25) is 5.91 Å². The first-order chi connectivity index (χ1) is 11.6. The van der Waals surface area contributed by atoms with Crippen molar-refractivity contribution in [2.24, 2.45) is 5.92 Å². The maximum Gasteiger partial charge on any atom is 0.224 e. The van der Waals surface area contributed by atoms with Crippen LogP contribution in [0.15, 0.2) is 24.8 Å². The Labute approximate surface area is 148 Å². The van der Waals surface area contributed by atoms with Gasteiger partial charge in [-0.25, -0.2) is 0 Å². The van der Waals surface area contributed by atoms with Crippen molar-refractivity contribution in [3.8, 4) is 11.5 Å². The fraction of sp³-hybridized carbons (Fsp3) is 0.500. The van der Waals surface area contributed by atoms with Gasteiger partial charge < -0.3 is 14.8 Å². The van der Waals surface area contributed by atoms with Crippen molar-refractivity contribution in [2.45, 2.75) is 19.9 Å². The highest BCUT2D eigenvalue weighted by Crippen LogP contribution is 2.37. The van der Waals surface area contributed by atoms with Crippen LogP contribution in [-0.4, -0.2) is 44.2 Å². The minimum atomic E-state index is 0.0671. The zero-order chi connectivity index (χ0) is 17.5. The number of carbonyl (C=O) groups excluding carboxylic acids is 1. The van der Waals surface area contributed by atoms with Crippen LogP contribution in [0.2, 0.25) is 5.02 Å². The number of nitrogens with one attached hydrogen (secondary N) is 1. The predicted molar refractivity (Wildman–Crippen MR) is 95.8 cm³/mol. The fourth-order valence-corrected chi connectivity index (χ4v) is 3.20. The number of likely N-dealkylation sites (tertiary alicyclic amines) is 1. The topological polar surface area (TPSA) is 50.8 Å². The maximum atomic E-state index is 11.9. The molecular weight excluding hydrogens is 328 g/mol. The number of methoxy groups -OCH3 is 1. The highest BCUT2D eigenvalue weighted by Gasteiger charge is 2.28. The molecule has 0 bridgehead atoms. The first-order valence-corrected chi connectivity index (χ1v) is 8.57. The molecule has 0 radical (unpaired) electrons. The molecule has 1 saturated heterocycles. The lowest BCUT2D eigenvalue weighted by Gasteiger charge is -2.18. The van der Waals surface area contributed by atoms with E-state index < -0.39 is 0 Å². The Balaban J connectivity index is 2.04. The minimum absolute atomic E-state index is 0.0671. The summed E-state index contributed by atoms with van der Waals surface area (Å²) < 4.78 is 11.0. The van der Waals surface area contributed by atoms with Crippen molar-refractivity contribution in [2.75, 3.05) is 33.4 Å². The number of nitrogens with zero attached hydrogens (tertiary/aromatic N) is 1. The largest absolute Gasteiger partial charge is 0.493 e. The first-order valence-electron chi connectivity index (χ1n) is 8.19. The third-order valence-corrected chi connectivity index (χ3v) is 4.32. The van der Waals surface area contributed by atoms with E-state index in [1.807, 2.05) is 19.1 Å². The Morgan fingerprint density at radius 3 is 3.00 bits per heavy atom. The monoisotopic (exact) mass is 352 g/mol. The summed E-state index contributed by atoms with van der Waals surface area (Å²) in [4.78, 5) is 14.2. The standard InChI is InChI=1S/C18H25ClN2O3/c1-4-8-24-17-15(19)9-13(10-16(17)23-3)11-21-7-6-14(12-21)18(22)20-5-2/h4,9-10,14H,1,5-8,11-12H2,2-3H3,(H,20,22)/t14-/m1/s1. The lowest BCUT2D eigenvalue weighted by molar-refractivity contribution is -0.124. The summed E-state index contributed by atoms with van der Waals surface area (Å²) in [6.07, 6.45) is 2.55. The summed E-state index contributed by atoms with van der Waals surface area (Å²) in [6.45, 7) is 9.01. The van der Waals surface area contributed by atoms with Crippen LogP contribution in [-0.2, 0) is 11.3 Å². The molecule has 0 spiro atoms. The lowest BCUT2D eigenvalue weighted by atomic mass is 10.1. The zero-order valence-corrected chi connectivity index (χ0v) is 15.1. The van der Waals surface area contributed by atoms with Crippen LogP contribution in [0.25, 0.3) is 0 Å². The molecule has 0 saturated carbocycles. The van der Waals surface area contributed by atoms with Crippen molar-refractivity contribution < 1.29 is 14.3 Å². The number of halogens is 1. The molecule has 1 heterocycles. The van der Waals surface area contributed by atoms with Crippen molar-refractivity contribution >= 4 is 17.5 Å². The normalized spacial score (nSPS) is 17.5. The van der Waals surface area contributed by atoms with Crippen molar-refractivity contribution in [3.63, 3.8) is 0 Å². The van der Waals surface area contributed by atoms with Gasteiger partial charge in [0.15, 0.2) is 11.5 Å². The molecule has 1 aliphatic heterocycles. The van der Waals surface area contributed by atoms with E-state index in [0.29, 0.717) is 29.7 Å². The Kier molecular flexibility index (Phi) is 6.94. The van der Waals surface area contributed by atoms with Crippen LogP contribution in [0.4, 0.5) is 0 Å². The van der Waals surface area contributed by atoms with Crippen LogP contribution >= 0.6 is 11.6 Å². The molecular formula is C18H25ClN2O3. The number of hydrogen-bond acceptors (Lipinski definition) is 4. The Morgan fingerprint density at radius 2 is 2.33 bits per heavy atom. The van der Waals surface area contributed by atoms with Crippen molar-refractivity contribution in [1.82, 2.24) is 10.2 Å². The molecule has 0 aliphatic carbocycles. The highest BCUT2D eigenvalue weighted by molar-refractivity contribution is 6.32. The molecule has 0 unspecified atom stereocenters. The second-order valence-corrected chi connectivity index (χ2v) is 6.23. The van der Waals surface area contributed by atoms with E-state index in [2.05, 4.69) is 16.8 Å². The Bertz CT molecular complexity index is 592. The molecule has 6 heteroatoms. The molecule has 2 rings (SSSR count). The van der Waals surface area contributed by atoms with Gasteiger partial charge >= 0.3 is 0 Å². The molecule has 1 aromatic carbocycles. The molecule has 1 atom stereocenters. The predicted octanol–water partition coefficient (Wildman–Crippen LogP) is 2.87. The SMILES string of the molecule is C=CCOc1c(Cl)cc(CN2CC[C@@H](C(=O)NCC)C2)cc1OC. The lowest BCUT2D eigenvalue weighted by Crippen LogP contribution is -2.32. The van der Waals surface area contributed by atoms with E-state index in [-0.39, 0.29) is 11.8 Å². The van der Waals surface area contributed by atoms with Gasteiger partial charge in [-0.1, -0.05) is 24.3 Å². The quantitative estimate of drug-likeness (QED) is 0.731. The van der Waals surface area contributed by atoms with Crippen molar-refractivity contribution in [1.29, 1.82) is 0 Å². The van der Waals surface area contributed by atoms with Crippen LogP contribution in [0.5, 0.6) is 11.5 Å². The number of ether oxygens (including phenoxy) is 2. The van der Waals surface area contributed by atoms with E-state index in [0.717, 1.165) is 31.6 Å². The van der Waals surface area contributed by atoms with Crippen LogP contribution in [0.3, 0.4) is 0 Å². The number of hydrogen-bond donors (Lipinski definition) is 1. The van der Waals surface area contributed by atoms with Gasteiger partial charge in [-0.2, -0.15) is 0 Å². The number of carbonyl (C=O) groups is 1. The third-order valence-electron chi connectivity index (χ3n) is 4.04. The smallest absolute Gasteiger partial charge is 0.224 e. The van der Waals surface area contributed by atoms with Crippen molar-refractivity contribution in [3.05, 3.63) is 35.4 Å². The van der Waals surface area contributed by atoms with Crippen LogP contribution in [0.1, 0.15) is 18.9 Å². The van der Waals surface area contributed by atoms with E-state index in [4.69, 9.17) is 21.1 Å². The van der Waals surface area contributed by atoms with Crippen LogP contribution < -0.4 is 14.8 Å². The molecule has 1 amide bonds. The number of amides is 1. The summed E-state index contributed by atoms with van der Waals surface area (Å²) in [7, 11) is 1.59. The Hall–Kier alpha value is -1.72. The zero-order valence-electron chi connectivity index (χ0n) is 14.3. The third kappa shape index (κ3) is 4.65. The average molecular weight is 353 g/mol. The van der Waals surface area contributed by atoms with Gasteiger partial charge in [0.05, 0.1) is 18.1 Å². The molecule has 1 N–H and O–H groups in total. The van der Waals surface area contributed by atoms with E-state index in [9.17, 15) is 4.79 Å². The molecule has 1 aliphatic rings. The van der Waals surface area contributed by atoms with E-state index in [1.54, 1.807) is 13.2 Å². The summed E-state index contributed by atoms with van der Waals surface area (Å²) in [6, 6.07) is 3.83. The number of benzene rings is 1. The molecule has 132 valence electrons. The van der Waals surface area contributed by atoms with Crippen LogP contribution in [0, 0.1) is 5.92 Å². The second kappa shape index (κ2) is 8.94. The molecule has 0 aromatic heterocycles. The average Bonchev–Trinajstić information content (AvgIpc) is 3.02. The van der Waals surface area contributed by atoms with Gasteiger partial charge in [0.25, 0.3) is 0 Å². The van der Waals surface area contributed by atoms with Gasteiger partial charge in [0, 0.05) is 19.6 Å². The summed E-state index contributed by atoms with van der Waals surface area (Å²) in [5.41, 5.74) is 1.04. The second-order valence-electron chi connectivity index (χ2n) is 5.82. The fourth-order valence-electron chi connectivity index (χ4n) is 2.91.